The van der Waals surface area contributed by atoms with Crippen molar-refractivity contribution in [2.75, 3.05) is 6.61 Å². The van der Waals surface area contributed by atoms with Crippen molar-refractivity contribution in [1.82, 2.24) is 0 Å². The number of hydrogen-bond acceptors (Lipinski definition) is 5. The zero-order valence-corrected chi connectivity index (χ0v) is 17.9. The zero-order chi connectivity index (χ0) is 20.7. The topological polar surface area (TPSA) is 90.2 Å². The van der Waals surface area contributed by atoms with E-state index >= 15 is 0 Å². The molecular weight excluding hydrogens is 356 g/mol. The molecule has 1 heterocycles. The number of aliphatic hydroxyl groups excluding tert-OH is 3. The average molecular weight is 401 g/mol. The maximum absolute atomic E-state index is 10.4. The zero-order valence-electron chi connectivity index (χ0n) is 17.9. The third-order valence-corrected chi connectivity index (χ3v) is 5.86. The number of allylic oxidation sites excluding steroid dienone is 2. The molecule has 1 aliphatic heterocycles. The molecule has 4 N–H and O–H groups in total. The molecule has 0 aromatic carbocycles. The number of hydrogen-bond donors (Lipinski definition) is 4. The predicted octanol–water partition coefficient (Wildman–Crippen LogP) is 4.22. The maximum atomic E-state index is 10.4. The standard InChI is InChI=1S/C23H44O5/c1-2-3-4-5-6-7-8-9-10-11-12-13-14-15-16-17-18-23(27)21(25)20(19-24)28-22(23)26/h9-10,20-22,24-27H,2-8,11-19H2,1H3/b10-9-/t20-,21+,22?,23-/m1/s1. The quantitative estimate of drug-likeness (QED) is 0.217. The summed E-state index contributed by atoms with van der Waals surface area (Å²) in [5.74, 6) is 0. The monoisotopic (exact) mass is 400 g/mol. The number of ether oxygens (including phenoxy) is 1. The second kappa shape index (κ2) is 15.4. The van der Waals surface area contributed by atoms with Crippen LogP contribution in [0.25, 0.3) is 0 Å². The van der Waals surface area contributed by atoms with E-state index in [9.17, 15) is 15.3 Å². The van der Waals surface area contributed by atoms with Gasteiger partial charge in [0.05, 0.1) is 6.61 Å². The van der Waals surface area contributed by atoms with Crippen molar-refractivity contribution in [2.24, 2.45) is 0 Å². The molecule has 0 saturated carbocycles. The van der Waals surface area contributed by atoms with E-state index in [1.165, 1.54) is 64.2 Å². The van der Waals surface area contributed by atoms with Crippen LogP contribution >= 0.6 is 0 Å². The highest BCUT2D eigenvalue weighted by Crippen LogP contribution is 2.34. The molecule has 0 aromatic heterocycles. The first kappa shape index (κ1) is 25.6. The first-order valence-electron chi connectivity index (χ1n) is 11.6. The maximum Gasteiger partial charge on any atom is 0.186 e. The second-order valence-corrected chi connectivity index (χ2v) is 8.33. The van der Waals surface area contributed by atoms with Gasteiger partial charge in [0, 0.05) is 0 Å². The van der Waals surface area contributed by atoms with Gasteiger partial charge in [0.15, 0.2) is 6.29 Å². The minimum Gasteiger partial charge on any atom is -0.394 e. The summed E-state index contributed by atoms with van der Waals surface area (Å²) in [4.78, 5) is 0. The lowest BCUT2D eigenvalue weighted by atomic mass is 9.89. The molecule has 5 nitrogen and oxygen atoms in total. The van der Waals surface area contributed by atoms with E-state index in [1.54, 1.807) is 0 Å². The third-order valence-electron chi connectivity index (χ3n) is 5.86. The van der Waals surface area contributed by atoms with Crippen LogP contribution < -0.4 is 0 Å². The van der Waals surface area contributed by atoms with Gasteiger partial charge in [-0.1, -0.05) is 83.3 Å². The van der Waals surface area contributed by atoms with E-state index in [0.29, 0.717) is 0 Å². The van der Waals surface area contributed by atoms with Crippen LogP contribution in [0.3, 0.4) is 0 Å². The van der Waals surface area contributed by atoms with Crippen LogP contribution in [0.15, 0.2) is 12.2 Å². The first-order chi connectivity index (χ1) is 13.6. The van der Waals surface area contributed by atoms with Crippen molar-refractivity contribution in [3.05, 3.63) is 12.2 Å². The third kappa shape index (κ3) is 9.36. The molecule has 1 saturated heterocycles. The molecule has 5 heteroatoms. The molecule has 28 heavy (non-hydrogen) atoms. The van der Waals surface area contributed by atoms with Crippen LogP contribution in [-0.4, -0.2) is 51.1 Å². The number of unbranched alkanes of at least 4 members (excludes halogenated alkanes) is 12. The van der Waals surface area contributed by atoms with Gasteiger partial charge in [-0.05, 0) is 32.1 Å². The SMILES string of the molecule is CCCCCCCC/C=C\CCCCCCCC[C@]1(O)C(O)O[C@H](CO)[C@@H]1O. The van der Waals surface area contributed by atoms with E-state index in [-0.39, 0.29) is 6.42 Å². The summed E-state index contributed by atoms with van der Waals surface area (Å²) in [6.07, 6.45) is 18.3. The molecule has 4 atom stereocenters. The van der Waals surface area contributed by atoms with Gasteiger partial charge in [-0.3, -0.25) is 0 Å². The first-order valence-corrected chi connectivity index (χ1v) is 11.6. The molecule has 1 fully saturated rings. The molecule has 1 unspecified atom stereocenters. The smallest absolute Gasteiger partial charge is 0.186 e. The van der Waals surface area contributed by atoms with Crippen LogP contribution in [-0.2, 0) is 4.74 Å². The molecule has 0 bridgehead atoms. The van der Waals surface area contributed by atoms with Crippen LogP contribution in [0.2, 0.25) is 0 Å². The van der Waals surface area contributed by atoms with Crippen LogP contribution in [0, 0.1) is 0 Å². The van der Waals surface area contributed by atoms with E-state index < -0.39 is 30.7 Å². The van der Waals surface area contributed by atoms with Crippen molar-refractivity contribution in [3.63, 3.8) is 0 Å². The molecule has 0 aromatic rings. The Kier molecular flexibility index (Phi) is 14.1. The van der Waals surface area contributed by atoms with Crippen molar-refractivity contribution >= 4 is 0 Å². The predicted molar refractivity (Wildman–Crippen MR) is 113 cm³/mol. The van der Waals surface area contributed by atoms with Crippen LogP contribution in [0.5, 0.6) is 0 Å². The Bertz CT molecular complexity index is 400. The van der Waals surface area contributed by atoms with Crippen molar-refractivity contribution < 1.29 is 25.2 Å². The summed E-state index contributed by atoms with van der Waals surface area (Å²) >= 11 is 0. The highest BCUT2D eigenvalue weighted by atomic mass is 16.7. The van der Waals surface area contributed by atoms with Gasteiger partial charge in [0.1, 0.15) is 17.8 Å². The lowest BCUT2D eigenvalue weighted by Crippen LogP contribution is -2.48. The number of rotatable bonds is 17. The Hall–Kier alpha value is -0.460. The van der Waals surface area contributed by atoms with E-state index in [4.69, 9.17) is 9.84 Å². The molecule has 0 aliphatic carbocycles. The van der Waals surface area contributed by atoms with Crippen LogP contribution in [0.4, 0.5) is 0 Å². The molecule has 166 valence electrons. The van der Waals surface area contributed by atoms with Gasteiger partial charge >= 0.3 is 0 Å². The highest BCUT2D eigenvalue weighted by molar-refractivity contribution is 4.99. The molecule has 0 amide bonds. The fourth-order valence-electron chi connectivity index (χ4n) is 3.90. The fourth-order valence-corrected chi connectivity index (χ4v) is 3.90. The Labute approximate surface area is 171 Å². The summed E-state index contributed by atoms with van der Waals surface area (Å²) in [5.41, 5.74) is -1.66. The molecular formula is C23H44O5. The largest absolute Gasteiger partial charge is 0.394 e. The van der Waals surface area contributed by atoms with Crippen molar-refractivity contribution in [3.8, 4) is 0 Å². The Morgan fingerprint density at radius 2 is 1.29 bits per heavy atom. The second-order valence-electron chi connectivity index (χ2n) is 8.33. The molecule has 0 spiro atoms. The minimum atomic E-state index is -1.66. The molecule has 1 rings (SSSR count). The lowest BCUT2D eigenvalue weighted by Gasteiger charge is -2.28. The minimum absolute atomic E-state index is 0.285. The van der Waals surface area contributed by atoms with Gasteiger partial charge in [0.25, 0.3) is 0 Å². The van der Waals surface area contributed by atoms with E-state index in [2.05, 4.69) is 19.1 Å². The summed E-state index contributed by atoms with van der Waals surface area (Å²) in [6, 6.07) is 0. The summed E-state index contributed by atoms with van der Waals surface area (Å²) < 4.78 is 5.02. The normalized spacial score (nSPS) is 27.8. The van der Waals surface area contributed by atoms with Crippen molar-refractivity contribution in [2.45, 2.75) is 127 Å². The highest BCUT2D eigenvalue weighted by Gasteiger charge is 2.53. The van der Waals surface area contributed by atoms with E-state index in [0.717, 1.165) is 25.7 Å². The lowest BCUT2D eigenvalue weighted by molar-refractivity contribution is -0.180. The molecule has 0 radical (unpaired) electrons. The van der Waals surface area contributed by atoms with Gasteiger partial charge in [0.2, 0.25) is 0 Å². The van der Waals surface area contributed by atoms with Crippen molar-refractivity contribution in [1.29, 1.82) is 0 Å². The molecule has 1 aliphatic rings. The Morgan fingerprint density at radius 3 is 1.79 bits per heavy atom. The van der Waals surface area contributed by atoms with Gasteiger partial charge in [-0.15, -0.1) is 0 Å². The van der Waals surface area contributed by atoms with Crippen LogP contribution in [0.1, 0.15) is 103 Å². The average Bonchev–Trinajstić information content (AvgIpc) is 2.91. The summed E-state index contributed by atoms with van der Waals surface area (Å²) in [6.45, 7) is 1.84. The summed E-state index contributed by atoms with van der Waals surface area (Å²) in [7, 11) is 0. The fraction of sp³-hybridized carbons (Fsp3) is 0.913. The Balaban J connectivity index is 1.92. The number of aliphatic hydroxyl groups is 4. The van der Waals surface area contributed by atoms with Gasteiger partial charge in [-0.2, -0.15) is 0 Å². The van der Waals surface area contributed by atoms with Gasteiger partial charge < -0.3 is 25.2 Å². The van der Waals surface area contributed by atoms with E-state index in [1.807, 2.05) is 0 Å². The Morgan fingerprint density at radius 1 is 0.786 bits per heavy atom. The summed E-state index contributed by atoms with van der Waals surface area (Å²) in [5, 5.41) is 39.3. The van der Waals surface area contributed by atoms with Gasteiger partial charge in [-0.25, -0.2) is 0 Å².